The van der Waals surface area contributed by atoms with E-state index >= 15 is 0 Å². The number of methoxy groups -OCH3 is 2. The van der Waals surface area contributed by atoms with Gasteiger partial charge in [-0.15, -0.1) is 0 Å². The summed E-state index contributed by atoms with van der Waals surface area (Å²) < 4.78 is 38.5. The fourth-order valence-electron chi connectivity index (χ4n) is 3.06. The van der Waals surface area contributed by atoms with Gasteiger partial charge in [-0.1, -0.05) is 0 Å². The molecule has 5 nitrogen and oxygen atoms in total. The molecule has 140 valence electrons. The minimum Gasteiger partial charge on any atom is -0.494 e. The Kier molecular flexibility index (Phi) is 4.94. The highest BCUT2D eigenvalue weighted by Crippen LogP contribution is 2.32. The van der Waals surface area contributed by atoms with Gasteiger partial charge in [0.2, 0.25) is 0 Å². The zero-order valence-corrected chi connectivity index (χ0v) is 15.0. The molecule has 0 bridgehead atoms. The van der Waals surface area contributed by atoms with Gasteiger partial charge in [0.15, 0.2) is 11.6 Å². The quantitative estimate of drug-likeness (QED) is 0.655. The Morgan fingerprint density at radius 1 is 1.07 bits per heavy atom. The van der Waals surface area contributed by atoms with Gasteiger partial charge in [-0.3, -0.25) is 14.2 Å². The van der Waals surface area contributed by atoms with E-state index in [1.165, 1.54) is 55.2 Å². The lowest BCUT2D eigenvalue weighted by atomic mass is 10.1. The number of fused-ring (bicyclic) bond motifs is 1. The Hall–Kier alpha value is -3.22. The minimum absolute atomic E-state index is 0.00000279. The van der Waals surface area contributed by atoms with Gasteiger partial charge in [0, 0.05) is 22.7 Å². The molecule has 0 radical (unpaired) electrons. The molecule has 1 aromatic heterocycles. The maximum absolute atomic E-state index is 14.3. The molecule has 0 saturated carbocycles. The second-order valence-electron chi connectivity index (χ2n) is 5.97. The molecule has 3 rings (SSSR count). The molecule has 0 fully saturated rings. The van der Waals surface area contributed by atoms with Gasteiger partial charge >= 0.3 is 5.97 Å². The number of rotatable bonds is 4. The van der Waals surface area contributed by atoms with Crippen LogP contribution in [0.4, 0.5) is 8.78 Å². The van der Waals surface area contributed by atoms with Crippen LogP contribution in [0.5, 0.6) is 5.75 Å². The fraction of sp³-hybridized carbons (Fsp3) is 0.200. The third-order valence-corrected chi connectivity index (χ3v) is 4.45. The number of carbonyl (C=O) groups is 2. The average molecular weight is 373 g/mol. The molecule has 0 saturated heterocycles. The van der Waals surface area contributed by atoms with Crippen molar-refractivity contribution in [1.29, 1.82) is 0 Å². The van der Waals surface area contributed by atoms with Crippen molar-refractivity contribution in [2.45, 2.75) is 13.3 Å². The van der Waals surface area contributed by atoms with Gasteiger partial charge < -0.3 is 9.47 Å². The highest BCUT2D eigenvalue weighted by molar-refractivity contribution is 6.05. The summed E-state index contributed by atoms with van der Waals surface area (Å²) in [6.45, 7) is 1.66. The number of aromatic nitrogens is 1. The topological polar surface area (TPSA) is 57.5 Å². The largest absolute Gasteiger partial charge is 0.494 e. The minimum atomic E-state index is -0.639. The SMILES string of the molecule is COC(=O)Cc1c(C)n(C(=O)c2ccc(F)cc2)c2cc(F)c(OC)cc12. The molecule has 2 aromatic carbocycles. The molecule has 7 heteroatoms. The van der Waals surface area contributed by atoms with Crippen LogP contribution in [-0.4, -0.2) is 30.7 Å². The summed E-state index contributed by atoms with van der Waals surface area (Å²) in [5.41, 5.74) is 1.53. The van der Waals surface area contributed by atoms with E-state index in [2.05, 4.69) is 0 Å². The number of ether oxygens (including phenoxy) is 2. The number of hydrogen-bond donors (Lipinski definition) is 0. The van der Waals surface area contributed by atoms with Crippen LogP contribution < -0.4 is 4.74 Å². The average Bonchev–Trinajstić information content (AvgIpc) is 2.91. The predicted molar refractivity (Wildman–Crippen MR) is 95.0 cm³/mol. The number of carbonyl (C=O) groups excluding carboxylic acids is 2. The van der Waals surface area contributed by atoms with Crippen LogP contribution in [0.2, 0.25) is 0 Å². The molecule has 0 spiro atoms. The third kappa shape index (κ3) is 3.28. The second kappa shape index (κ2) is 7.19. The van der Waals surface area contributed by atoms with Crippen LogP contribution in [-0.2, 0) is 16.0 Å². The van der Waals surface area contributed by atoms with Crippen LogP contribution in [0.25, 0.3) is 10.9 Å². The Balaban J connectivity index is 2.26. The van der Waals surface area contributed by atoms with Gasteiger partial charge in [0.25, 0.3) is 5.91 Å². The van der Waals surface area contributed by atoms with Crippen molar-refractivity contribution >= 4 is 22.8 Å². The van der Waals surface area contributed by atoms with E-state index in [1.807, 2.05) is 0 Å². The number of halogens is 2. The van der Waals surface area contributed by atoms with Crippen molar-refractivity contribution in [3.63, 3.8) is 0 Å². The molecule has 0 aliphatic carbocycles. The number of benzene rings is 2. The standard InChI is InChI=1S/C20H17F2NO4/c1-11-14(9-19(24)27-3)15-8-18(26-2)16(22)10-17(15)23(11)20(25)12-4-6-13(21)7-5-12/h4-8,10H,9H2,1-3H3. The molecule has 0 aliphatic rings. The first kappa shape index (κ1) is 18.6. The van der Waals surface area contributed by atoms with Gasteiger partial charge in [-0.25, -0.2) is 8.78 Å². The smallest absolute Gasteiger partial charge is 0.310 e. The van der Waals surface area contributed by atoms with E-state index in [4.69, 9.17) is 9.47 Å². The fourth-order valence-corrected chi connectivity index (χ4v) is 3.06. The van der Waals surface area contributed by atoms with Crippen LogP contribution in [0, 0.1) is 18.6 Å². The van der Waals surface area contributed by atoms with Crippen molar-refractivity contribution in [2.75, 3.05) is 14.2 Å². The van der Waals surface area contributed by atoms with Crippen LogP contribution in [0.15, 0.2) is 36.4 Å². The Bertz CT molecular complexity index is 1040. The summed E-state index contributed by atoms with van der Waals surface area (Å²) in [6.07, 6.45) is -0.0860. The molecule has 27 heavy (non-hydrogen) atoms. The van der Waals surface area contributed by atoms with Crippen molar-refractivity contribution in [3.8, 4) is 5.75 Å². The van der Waals surface area contributed by atoms with E-state index in [0.717, 1.165) is 0 Å². The first-order chi connectivity index (χ1) is 12.9. The molecule has 0 amide bonds. The van der Waals surface area contributed by atoms with Crippen molar-refractivity contribution in [2.24, 2.45) is 0 Å². The lowest BCUT2D eigenvalue weighted by Crippen LogP contribution is -2.14. The first-order valence-electron chi connectivity index (χ1n) is 8.11. The number of hydrogen-bond acceptors (Lipinski definition) is 4. The summed E-state index contributed by atoms with van der Waals surface area (Å²) in [5, 5.41) is 0.506. The summed E-state index contributed by atoms with van der Waals surface area (Å²) >= 11 is 0. The summed E-state index contributed by atoms with van der Waals surface area (Å²) in [4.78, 5) is 24.8. The van der Waals surface area contributed by atoms with Crippen molar-refractivity contribution in [3.05, 3.63) is 64.9 Å². The van der Waals surface area contributed by atoms with Crippen LogP contribution in [0.3, 0.4) is 0 Å². The Labute approximate surface area is 154 Å². The highest BCUT2D eigenvalue weighted by Gasteiger charge is 2.23. The van der Waals surface area contributed by atoms with Crippen molar-refractivity contribution < 1.29 is 27.8 Å². The molecule has 3 aromatic rings. The molecule has 0 aliphatic heterocycles. The van der Waals surface area contributed by atoms with Gasteiger partial charge in [0.1, 0.15) is 5.82 Å². The maximum atomic E-state index is 14.3. The van der Waals surface area contributed by atoms with Crippen LogP contribution >= 0.6 is 0 Å². The molecular weight excluding hydrogens is 356 g/mol. The maximum Gasteiger partial charge on any atom is 0.310 e. The van der Waals surface area contributed by atoms with E-state index in [1.54, 1.807) is 6.92 Å². The lowest BCUT2D eigenvalue weighted by Gasteiger charge is -2.08. The zero-order chi connectivity index (χ0) is 19.7. The van der Waals surface area contributed by atoms with E-state index in [-0.39, 0.29) is 17.7 Å². The van der Waals surface area contributed by atoms with Crippen molar-refractivity contribution in [1.82, 2.24) is 4.57 Å². The molecule has 0 atom stereocenters. The first-order valence-corrected chi connectivity index (χ1v) is 8.11. The Morgan fingerprint density at radius 3 is 2.33 bits per heavy atom. The lowest BCUT2D eigenvalue weighted by molar-refractivity contribution is -0.139. The van der Waals surface area contributed by atoms with Gasteiger partial charge in [-0.2, -0.15) is 0 Å². The molecular formula is C20H17F2NO4. The molecule has 0 N–H and O–H groups in total. The summed E-state index contributed by atoms with van der Waals surface area (Å²) in [7, 11) is 2.60. The molecule has 1 heterocycles. The van der Waals surface area contributed by atoms with Gasteiger partial charge in [0.05, 0.1) is 26.2 Å². The Morgan fingerprint density at radius 2 is 1.74 bits per heavy atom. The third-order valence-electron chi connectivity index (χ3n) is 4.45. The summed E-state index contributed by atoms with van der Waals surface area (Å²) in [5.74, 6) is -2.06. The summed E-state index contributed by atoms with van der Waals surface area (Å²) in [6, 6.07) is 7.68. The number of nitrogens with zero attached hydrogens (tertiary/aromatic N) is 1. The number of esters is 1. The predicted octanol–water partition coefficient (Wildman–Crippen LogP) is 3.64. The van der Waals surface area contributed by atoms with Gasteiger partial charge in [-0.05, 0) is 42.8 Å². The van der Waals surface area contributed by atoms with E-state index in [0.29, 0.717) is 22.2 Å². The van der Waals surface area contributed by atoms with E-state index < -0.39 is 23.5 Å². The monoisotopic (exact) mass is 373 g/mol. The van der Waals surface area contributed by atoms with E-state index in [9.17, 15) is 18.4 Å². The van der Waals surface area contributed by atoms with Crippen LogP contribution in [0.1, 0.15) is 21.6 Å². The molecule has 0 unspecified atom stereocenters. The normalized spacial score (nSPS) is 10.9. The second-order valence-corrected chi connectivity index (χ2v) is 5.97. The highest BCUT2D eigenvalue weighted by atomic mass is 19.1. The zero-order valence-electron chi connectivity index (χ0n) is 15.0.